The lowest BCUT2D eigenvalue weighted by molar-refractivity contribution is -0.117. The van der Waals surface area contributed by atoms with E-state index in [1.807, 2.05) is 18.2 Å². The number of halogens is 1. The van der Waals surface area contributed by atoms with Crippen LogP contribution in [0, 0.1) is 0 Å². The highest BCUT2D eigenvalue weighted by Gasteiger charge is 2.18. The van der Waals surface area contributed by atoms with Crippen LogP contribution in [0.5, 0.6) is 0 Å². The fourth-order valence-corrected chi connectivity index (χ4v) is 5.14. The van der Waals surface area contributed by atoms with Gasteiger partial charge < -0.3 is 5.32 Å². The number of aromatic amines is 1. The normalized spacial score (nSPS) is 11.2. The number of hydrogen-bond donors (Lipinski definition) is 2. The Hall–Kier alpha value is -3.55. The second-order valence-corrected chi connectivity index (χ2v) is 11.1. The molecule has 8 heteroatoms. The molecule has 7 nitrogen and oxygen atoms in total. The molecule has 0 saturated heterocycles. The van der Waals surface area contributed by atoms with Gasteiger partial charge in [0.1, 0.15) is 0 Å². The van der Waals surface area contributed by atoms with Gasteiger partial charge in [0.05, 0.1) is 6.54 Å². The monoisotopic (exact) mass is 574 g/mol. The maximum atomic E-state index is 13.4. The molecule has 2 N–H and O–H groups in total. The van der Waals surface area contributed by atoms with E-state index in [4.69, 9.17) is 0 Å². The Morgan fingerprint density at radius 3 is 2.12 bits per heavy atom. The quantitative estimate of drug-likeness (QED) is 0.159. The highest BCUT2D eigenvalue weighted by Crippen LogP contribution is 2.33. The van der Waals surface area contributed by atoms with Gasteiger partial charge in [-0.25, -0.2) is 5.10 Å². The van der Waals surface area contributed by atoms with Crippen molar-refractivity contribution in [3.63, 3.8) is 0 Å². The Morgan fingerprint density at radius 2 is 1.54 bits per heavy atom. The van der Waals surface area contributed by atoms with Gasteiger partial charge in [-0.2, -0.15) is 0 Å². The van der Waals surface area contributed by atoms with Crippen molar-refractivity contribution in [2.24, 2.45) is 0 Å². The fourth-order valence-electron chi connectivity index (χ4n) is 5.14. The van der Waals surface area contributed by atoms with Crippen LogP contribution in [0.3, 0.4) is 0 Å². The molecule has 1 amide bonds. The number of rotatable bonds is 13. The summed E-state index contributed by atoms with van der Waals surface area (Å²) in [6.45, 7) is 12.9. The summed E-state index contributed by atoms with van der Waals surface area (Å²) in [5, 5.41) is 17.7. The molecule has 4 aromatic rings. The molecule has 0 unspecified atom stereocenters. The summed E-state index contributed by atoms with van der Waals surface area (Å²) in [5.41, 5.74) is 7.66. The van der Waals surface area contributed by atoms with Gasteiger partial charge in [0.25, 0.3) is 0 Å². The molecule has 4 rings (SSSR count). The third-order valence-electron chi connectivity index (χ3n) is 7.28. The summed E-state index contributed by atoms with van der Waals surface area (Å²) in [6.07, 6.45) is 3.37. The van der Waals surface area contributed by atoms with Gasteiger partial charge >= 0.3 is 0 Å². The van der Waals surface area contributed by atoms with Crippen molar-refractivity contribution in [1.82, 2.24) is 25.5 Å². The van der Waals surface area contributed by atoms with Crippen molar-refractivity contribution in [2.45, 2.75) is 72.3 Å². The first-order valence-corrected chi connectivity index (χ1v) is 14.4. The number of carbonyl (C=O) groups excluding carboxylic acids is 1. The molecule has 0 atom stereocenters. The van der Waals surface area contributed by atoms with Crippen LogP contribution in [-0.4, -0.2) is 44.5 Å². The van der Waals surface area contributed by atoms with Gasteiger partial charge in [0, 0.05) is 17.8 Å². The van der Waals surface area contributed by atoms with E-state index in [0.717, 1.165) is 48.2 Å². The fraction of sp³-hybridized carbons (Fsp3) is 0.394. The van der Waals surface area contributed by atoms with Gasteiger partial charge in [0.15, 0.2) is 5.82 Å². The molecule has 0 aliphatic carbocycles. The number of benzene rings is 3. The summed E-state index contributed by atoms with van der Waals surface area (Å²) in [5.74, 6) is 1.35. The number of nitrogens with one attached hydrogen (secondary N) is 2. The van der Waals surface area contributed by atoms with E-state index >= 15 is 0 Å². The van der Waals surface area contributed by atoms with Crippen LogP contribution in [0.25, 0.3) is 22.5 Å². The molecule has 1 aromatic heterocycles. The number of para-hydroxylation sites is 1. The molecule has 0 bridgehead atoms. The van der Waals surface area contributed by atoms with Crippen molar-refractivity contribution in [1.29, 1.82) is 0 Å². The van der Waals surface area contributed by atoms with Crippen molar-refractivity contribution < 1.29 is 4.79 Å². The molecule has 0 radical (unpaired) electrons. The Bertz CT molecular complexity index is 1340. The third-order valence-corrected chi connectivity index (χ3v) is 7.28. The average Bonchev–Trinajstić information content (AvgIpc) is 3.48. The molecular weight excluding hydrogens is 532 g/mol. The number of unbranched alkanes of at least 4 members (excludes halogenated alkanes) is 2. The number of hydrogen-bond acceptors (Lipinski definition) is 5. The zero-order valence-corrected chi connectivity index (χ0v) is 25.7. The van der Waals surface area contributed by atoms with Gasteiger partial charge in [0.2, 0.25) is 5.91 Å². The SMILES string of the molecule is CCCCCN(CC(=O)Nc1c(C(C)C)cccc1C(C)C)Cc1ccc(-c2ccccc2-c2nnn[nH]2)cc1.Cl. The predicted octanol–water partition coefficient (Wildman–Crippen LogP) is 7.83. The first-order valence-electron chi connectivity index (χ1n) is 14.4. The minimum absolute atomic E-state index is 0. The second kappa shape index (κ2) is 15.5. The smallest absolute Gasteiger partial charge is 0.238 e. The number of amides is 1. The van der Waals surface area contributed by atoms with E-state index in [1.165, 1.54) is 16.7 Å². The summed E-state index contributed by atoms with van der Waals surface area (Å²) < 4.78 is 0. The van der Waals surface area contributed by atoms with E-state index < -0.39 is 0 Å². The Balaban J connectivity index is 0.00000462. The molecular formula is C33H43ClN6O. The maximum Gasteiger partial charge on any atom is 0.238 e. The van der Waals surface area contributed by atoms with E-state index in [1.54, 1.807) is 0 Å². The zero-order chi connectivity index (χ0) is 28.5. The summed E-state index contributed by atoms with van der Waals surface area (Å²) >= 11 is 0. The summed E-state index contributed by atoms with van der Waals surface area (Å²) in [6, 6.07) is 23.0. The lowest BCUT2D eigenvalue weighted by atomic mass is 9.92. The van der Waals surface area contributed by atoms with Crippen LogP contribution in [0.4, 0.5) is 5.69 Å². The third kappa shape index (κ3) is 8.47. The molecule has 0 saturated carbocycles. The molecule has 0 aliphatic rings. The first-order chi connectivity index (χ1) is 19.4. The predicted molar refractivity (Wildman–Crippen MR) is 170 cm³/mol. The van der Waals surface area contributed by atoms with Crippen molar-refractivity contribution >= 4 is 24.0 Å². The van der Waals surface area contributed by atoms with E-state index in [-0.39, 0.29) is 18.3 Å². The number of H-pyrrole nitrogens is 1. The molecule has 0 aliphatic heterocycles. The van der Waals surface area contributed by atoms with Gasteiger partial charge in [-0.05, 0) is 63.0 Å². The van der Waals surface area contributed by atoms with Crippen molar-refractivity contribution in [2.75, 3.05) is 18.4 Å². The van der Waals surface area contributed by atoms with E-state index in [9.17, 15) is 4.79 Å². The van der Waals surface area contributed by atoms with Crippen LogP contribution in [0.2, 0.25) is 0 Å². The number of aromatic nitrogens is 4. The maximum absolute atomic E-state index is 13.4. The van der Waals surface area contributed by atoms with Crippen molar-refractivity contribution in [3.05, 3.63) is 83.4 Å². The van der Waals surface area contributed by atoms with Gasteiger partial charge in [-0.1, -0.05) is 114 Å². The number of nitrogens with zero attached hydrogens (tertiary/aromatic N) is 4. The minimum Gasteiger partial charge on any atom is -0.324 e. The average molecular weight is 575 g/mol. The van der Waals surface area contributed by atoms with Crippen LogP contribution < -0.4 is 5.32 Å². The van der Waals surface area contributed by atoms with Gasteiger partial charge in [-0.15, -0.1) is 17.5 Å². The Kier molecular flexibility index (Phi) is 12.0. The molecule has 3 aromatic carbocycles. The van der Waals surface area contributed by atoms with E-state index in [2.05, 4.69) is 114 Å². The number of anilines is 1. The minimum atomic E-state index is 0. The summed E-state index contributed by atoms with van der Waals surface area (Å²) in [4.78, 5) is 15.7. The van der Waals surface area contributed by atoms with Crippen LogP contribution in [0.15, 0.2) is 66.7 Å². The molecule has 0 spiro atoms. The first kappa shape index (κ1) is 32.0. The highest BCUT2D eigenvalue weighted by molar-refractivity contribution is 5.94. The largest absolute Gasteiger partial charge is 0.324 e. The Morgan fingerprint density at radius 1 is 0.878 bits per heavy atom. The van der Waals surface area contributed by atoms with Crippen LogP contribution in [-0.2, 0) is 11.3 Å². The molecule has 1 heterocycles. The Labute approximate surface area is 250 Å². The van der Waals surface area contributed by atoms with Crippen LogP contribution >= 0.6 is 12.4 Å². The lowest BCUT2D eigenvalue weighted by Crippen LogP contribution is -2.34. The highest BCUT2D eigenvalue weighted by atomic mass is 35.5. The number of carbonyl (C=O) groups is 1. The molecule has 0 fully saturated rings. The molecule has 41 heavy (non-hydrogen) atoms. The topological polar surface area (TPSA) is 86.8 Å². The second-order valence-electron chi connectivity index (χ2n) is 11.1. The number of tetrazole rings is 1. The van der Waals surface area contributed by atoms with Gasteiger partial charge in [-0.3, -0.25) is 9.69 Å². The lowest BCUT2D eigenvalue weighted by Gasteiger charge is -2.24. The standard InChI is InChI=1S/C33H42N6O.ClH/c1-6-7-10-20-39(22-31(40)34-32-27(23(2)3)14-11-15-28(32)24(4)5)21-25-16-18-26(19-17-25)29-12-8-9-13-30(29)33-35-37-38-36-33;/h8-9,11-19,23-24H,6-7,10,20-22H2,1-5H3,(H,34,40)(H,35,36,37,38);1H. The van der Waals surface area contributed by atoms with Crippen LogP contribution in [0.1, 0.15) is 82.4 Å². The summed E-state index contributed by atoms with van der Waals surface area (Å²) in [7, 11) is 0. The molecule has 218 valence electrons. The van der Waals surface area contributed by atoms with E-state index in [0.29, 0.717) is 30.7 Å². The zero-order valence-electron chi connectivity index (χ0n) is 24.9. The van der Waals surface area contributed by atoms with Crippen molar-refractivity contribution in [3.8, 4) is 22.5 Å².